The van der Waals surface area contributed by atoms with Crippen molar-refractivity contribution in [2.24, 2.45) is 0 Å². The van der Waals surface area contributed by atoms with E-state index in [0.717, 1.165) is 16.9 Å². The van der Waals surface area contributed by atoms with Crippen molar-refractivity contribution >= 4 is 11.9 Å². The molecule has 3 rings (SSSR count). The number of carbonyl (C=O) groups excluding carboxylic acids is 2. The second-order valence-corrected chi connectivity index (χ2v) is 7.42. The van der Waals surface area contributed by atoms with E-state index in [4.69, 9.17) is 14.0 Å². The highest BCUT2D eigenvalue weighted by Crippen LogP contribution is 2.25. The largest absolute Gasteiger partial charge is 0.497 e. The Bertz CT molecular complexity index is 1030. The second kappa shape index (κ2) is 9.93. The summed E-state index contributed by atoms with van der Waals surface area (Å²) in [6, 6.07) is 16.6. The fourth-order valence-corrected chi connectivity index (χ4v) is 3.24. The molecule has 0 saturated heterocycles. The summed E-state index contributed by atoms with van der Waals surface area (Å²) in [6.07, 6.45) is 0. The van der Waals surface area contributed by atoms with Crippen LogP contribution in [0.5, 0.6) is 5.75 Å². The Morgan fingerprint density at radius 2 is 1.68 bits per heavy atom. The van der Waals surface area contributed by atoms with Gasteiger partial charge in [-0.05, 0) is 30.2 Å². The SMILES string of the molecule is COc1ccc([C@@H](NC(=O)COC(=O)c2c(C)noc2C(C)C)c2ccccc2)cc1. The molecule has 2 aromatic carbocycles. The van der Waals surface area contributed by atoms with Gasteiger partial charge in [0.25, 0.3) is 5.91 Å². The van der Waals surface area contributed by atoms with Crippen molar-refractivity contribution in [3.05, 3.63) is 82.7 Å². The Labute approximate surface area is 181 Å². The van der Waals surface area contributed by atoms with Crippen LogP contribution in [0, 0.1) is 6.92 Å². The van der Waals surface area contributed by atoms with Gasteiger partial charge in [-0.3, -0.25) is 4.79 Å². The number of aromatic nitrogens is 1. The van der Waals surface area contributed by atoms with Crippen LogP contribution in [0.3, 0.4) is 0 Å². The molecule has 3 aromatic rings. The van der Waals surface area contributed by atoms with E-state index in [1.165, 1.54) is 0 Å². The Morgan fingerprint density at radius 3 is 2.29 bits per heavy atom. The Morgan fingerprint density at radius 1 is 1.03 bits per heavy atom. The van der Waals surface area contributed by atoms with Gasteiger partial charge in [0.2, 0.25) is 0 Å². The van der Waals surface area contributed by atoms with Crippen molar-refractivity contribution in [2.75, 3.05) is 13.7 Å². The average molecular weight is 422 g/mol. The lowest BCUT2D eigenvalue weighted by Crippen LogP contribution is -2.33. The molecule has 1 aromatic heterocycles. The Hall–Kier alpha value is -3.61. The molecule has 0 aliphatic carbocycles. The molecule has 1 heterocycles. The number of amides is 1. The van der Waals surface area contributed by atoms with Crippen LogP contribution in [0.25, 0.3) is 0 Å². The molecule has 0 saturated carbocycles. The van der Waals surface area contributed by atoms with Crippen LogP contribution in [0.4, 0.5) is 0 Å². The van der Waals surface area contributed by atoms with E-state index in [0.29, 0.717) is 11.5 Å². The third kappa shape index (κ3) is 5.31. The summed E-state index contributed by atoms with van der Waals surface area (Å²) in [7, 11) is 1.60. The summed E-state index contributed by atoms with van der Waals surface area (Å²) >= 11 is 0. The van der Waals surface area contributed by atoms with Gasteiger partial charge >= 0.3 is 5.97 Å². The highest BCUT2D eigenvalue weighted by molar-refractivity contribution is 5.93. The van der Waals surface area contributed by atoms with Gasteiger partial charge in [0.1, 0.15) is 11.3 Å². The van der Waals surface area contributed by atoms with Crippen molar-refractivity contribution < 1.29 is 23.6 Å². The maximum Gasteiger partial charge on any atom is 0.344 e. The van der Waals surface area contributed by atoms with E-state index in [-0.39, 0.29) is 11.5 Å². The number of nitrogens with zero attached hydrogens (tertiary/aromatic N) is 1. The molecule has 0 aliphatic rings. The molecule has 0 unspecified atom stereocenters. The number of methoxy groups -OCH3 is 1. The predicted octanol–water partition coefficient (Wildman–Crippen LogP) is 4.18. The summed E-state index contributed by atoms with van der Waals surface area (Å²) in [5, 5.41) is 6.78. The van der Waals surface area contributed by atoms with E-state index in [9.17, 15) is 9.59 Å². The third-order valence-electron chi connectivity index (χ3n) is 4.84. The first kappa shape index (κ1) is 22.1. The summed E-state index contributed by atoms with van der Waals surface area (Å²) in [4.78, 5) is 25.2. The molecule has 0 aliphatic heterocycles. The maximum absolute atomic E-state index is 12.6. The van der Waals surface area contributed by atoms with Gasteiger partial charge in [-0.15, -0.1) is 0 Å². The van der Waals surface area contributed by atoms with Crippen LogP contribution in [-0.4, -0.2) is 30.7 Å². The lowest BCUT2D eigenvalue weighted by atomic mass is 9.98. The van der Waals surface area contributed by atoms with Crippen molar-refractivity contribution in [2.45, 2.75) is 32.7 Å². The van der Waals surface area contributed by atoms with Crippen molar-refractivity contribution in [1.29, 1.82) is 0 Å². The molecule has 0 radical (unpaired) electrons. The zero-order chi connectivity index (χ0) is 22.4. The Kier molecular flexibility index (Phi) is 7.07. The molecule has 0 bridgehead atoms. The van der Waals surface area contributed by atoms with Gasteiger partial charge in [-0.1, -0.05) is 61.5 Å². The van der Waals surface area contributed by atoms with Crippen molar-refractivity contribution in [3.8, 4) is 5.75 Å². The molecule has 162 valence electrons. The normalized spacial score (nSPS) is 11.8. The number of rotatable bonds is 8. The maximum atomic E-state index is 12.6. The van der Waals surface area contributed by atoms with Crippen LogP contribution in [0.2, 0.25) is 0 Å². The van der Waals surface area contributed by atoms with Gasteiger partial charge in [-0.2, -0.15) is 0 Å². The van der Waals surface area contributed by atoms with E-state index in [1.807, 2.05) is 68.4 Å². The first-order valence-electron chi connectivity index (χ1n) is 10.0. The smallest absolute Gasteiger partial charge is 0.344 e. The van der Waals surface area contributed by atoms with Crippen LogP contribution < -0.4 is 10.1 Å². The topological polar surface area (TPSA) is 90.7 Å². The fraction of sp³-hybridized carbons (Fsp3) is 0.292. The molecule has 1 N–H and O–H groups in total. The quantitative estimate of drug-likeness (QED) is 0.548. The molecular formula is C24H26N2O5. The summed E-state index contributed by atoms with van der Waals surface area (Å²) < 4.78 is 15.7. The minimum Gasteiger partial charge on any atom is -0.497 e. The minimum atomic E-state index is -0.627. The number of nitrogens with one attached hydrogen (secondary N) is 1. The molecule has 7 nitrogen and oxygen atoms in total. The van der Waals surface area contributed by atoms with E-state index in [1.54, 1.807) is 14.0 Å². The Balaban J connectivity index is 1.72. The van der Waals surface area contributed by atoms with E-state index >= 15 is 0 Å². The highest BCUT2D eigenvalue weighted by Gasteiger charge is 2.25. The first-order valence-corrected chi connectivity index (χ1v) is 10.0. The van der Waals surface area contributed by atoms with Gasteiger partial charge < -0.3 is 19.3 Å². The lowest BCUT2D eigenvalue weighted by Gasteiger charge is -2.20. The molecule has 0 fully saturated rings. The number of hydrogen-bond donors (Lipinski definition) is 1. The fourth-order valence-electron chi connectivity index (χ4n) is 3.24. The molecular weight excluding hydrogens is 396 g/mol. The van der Waals surface area contributed by atoms with Crippen molar-refractivity contribution in [1.82, 2.24) is 10.5 Å². The van der Waals surface area contributed by atoms with Gasteiger partial charge in [0, 0.05) is 5.92 Å². The number of aryl methyl sites for hydroxylation is 1. The molecule has 1 atom stereocenters. The molecule has 0 spiro atoms. The first-order chi connectivity index (χ1) is 14.9. The number of esters is 1. The van der Waals surface area contributed by atoms with E-state index < -0.39 is 24.5 Å². The van der Waals surface area contributed by atoms with Gasteiger partial charge in [0.05, 0.1) is 18.8 Å². The standard InChI is InChI=1S/C24H26N2O5/c1-15(2)23-21(16(3)26-31-23)24(28)30-14-20(27)25-22(17-8-6-5-7-9-17)18-10-12-19(29-4)13-11-18/h5-13,15,22H,14H2,1-4H3,(H,25,27)/t22-/m0/s1. The third-order valence-corrected chi connectivity index (χ3v) is 4.84. The molecule has 1 amide bonds. The average Bonchev–Trinajstić information content (AvgIpc) is 3.18. The van der Waals surface area contributed by atoms with Crippen LogP contribution >= 0.6 is 0 Å². The monoisotopic (exact) mass is 422 g/mol. The number of benzene rings is 2. The zero-order valence-corrected chi connectivity index (χ0v) is 18.0. The molecule has 7 heteroatoms. The lowest BCUT2D eigenvalue weighted by molar-refractivity contribution is -0.124. The minimum absolute atomic E-state index is 0.0323. The summed E-state index contributed by atoms with van der Waals surface area (Å²) in [5.74, 6) is 0.0933. The van der Waals surface area contributed by atoms with Gasteiger partial charge in [0.15, 0.2) is 12.4 Å². The van der Waals surface area contributed by atoms with E-state index in [2.05, 4.69) is 10.5 Å². The van der Waals surface area contributed by atoms with Crippen LogP contribution in [-0.2, 0) is 9.53 Å². The number of hydrogen-bond acceptors (Lipinski definition) is 6. The van der Waals surface area contributed by atoms with Crippen LogP contribution in [0.1, 0.15) is 58.7 Å². The number of ether oxygens (including phenoxy) is 2. The van der Waals surface area contributed by atoms with Gasteiger partial charge in [-0.25, -0.2) is 4.79 Å². The highest BCUT2D eigenvalue weighted by atomic mass is 16.5. The zero-order valence-electron chi connectivity index (χ0n) is 18.0. The predicted molar refractivity (Wildman–Crippen MR) is 115 cm³/mol. The summed E-state index contributed by atoms with van der Waals surface area (Å²) in [6.45, 7) is 5.03. The number of carbonyl (C=O) groups is 2. The van der Waals surface area contributed by atoms with Crippen LogP contribution in [0.15, 0.2) is 59.1 Å². The summed E-state index contributed by atoms with van der Waals surface area (Å²) in [5.41, 5.74) is 2.50. The van der Waals surface area contributed by atoms with Crippen molar-refractivity contribution in [3.63, 3.8) is 0 Å². The molecule has 31 heavy (non-hydrogen) atoms. The second-order valence-electron chi connectivity index (χ2n) is 7.42.